The first-order valence-electron chi connectivity index (χ1n) is 16.2. The molecule has 2 amide bonds. The van der Waals surface area contributed by atoms with Crippen LogP contribution in [0, 0.1) is 6.92 Å². The molecule has 1 aromatic heterocycles. The highest BCUT2D eigenvalue weighted by Gasteiger charge is 2.40. The van der Waals surface area contributed by atoms with Crippen LogP contribution in [0.5, 0.6) is 0 Å². The number of amides is 2. The number of hydrogen-bond donors (Lipinski definition) is 5. The van der Waals surface area contributed by atoms with Crippen molar-refractivity contribution in [3.63, 3.8) is 0 Å². The van der Waals surface area contributed by atoms with E-state index in [4.69, 9.17) is 13.8 Å². The quantitative estimate of drug-likeness (QED) is 0.0766. The molecular formula is C34H38N4O10P2S. The number of fused-ring (bicyclic) bond motifs is 3. The number of aryl methyl sites for hydroxylation is 1. The summed E-state index contributed by atoms with van der Waals surface area (Å²) in [5, 5.41) is 8.26. The summed E-state index contributed by atoms with van der Waals surface area (Å²) < 4.78 is 44.6. The van der Waals surface area contributed by atoms with Gasteiger partial charge in [-0.2, -0.15) is 4.31 Å². The second-order valence-electron chi connectivity index (χ2n) is 12.1. The third-order valence-electron chi connectivity index (χ3n) is 8.64. The van der Waals surface area contributed by atoms with Crippen LogP contribution in [-0.2, 0) is 32.0 Å². The van der Waals surface area contributed by atoms with Crippen LogP contribution < -0.4 is 16.0 Å². The Kier molecular flexibility index (Phi) is 11.5. The summed E-state index contributed by atoms with van der Waals surface area (Å²) in [6.07, 6.45) is -1.73. The third kappa shape index (κ3) is 9.19. The molecule has 1 saturated heterocycles. The van der Waals surface area contributed by atoms with Gasteiger partial charge in [-0.05, 0) is 53.6 Å². The zero-order valence-corrected chi connectivity index (χ0v) is 30.4. The van der Waals surface area contributed by atoms with Crippen molar-refractivity contribution in [3.8, 4) is 21.6 Å². The summed E-state index contributed by atoms with van der Waals surface area (Å²) in [7, 11) is -10.2. The summed E-state index contributed by atoms with van der Waals surface area (Å²) in [5.41, 5.74) is 8.93. The van der Waals surface area contributed by atoms with Crippen LogP contribution in [0.4, 0.5) is 4.79 Å². The third-order valence-corrected chi connectivity index (χ3v) is 12.3. The van der Waals surface area contributed by atoms with E-state index < -0.39 is 40.5 Å². The number of nitrogens with zero attached hydrogens (tertiary/aromatic N) is 1. The number of thiazole rings is 1. The van der Waals surface area contributed by atoms with Crippen molar-refractivity contribution < 1.29 is 46.6 Å². The van der Waals surface area contributed by atoms with E-state index in [1.54, 1.807) is 16.8 Å². The normalized spacial score (nSPS) is 19.7. The van der Waals surface area contributed by atoms with Crippen molar-refractivity contribution in [2.45, 2.75) is 44.4 Å². The highest BCUT2D eigenvalue weighted by molar-refractivity contribution is 7.61. The van der Waals surface area contributed by atoms with E-state index in [1.807, 2.05) is 86.6 Å². The molecule has 2 aliphatic rings. The lowest BCUT2D eigenvalue weighted by Crippen LogP contribution is -2.41. The summed E-state index contributed by atoms with van der Waals surface area (Å²) in [6, 6.07) is 22.5. The van der Waals surface area contributed by atoms with Gasteiger partial charge in [-0.3, -0.25) is 13.8 Å². The second kappa shape index (κ2) is 15.9. The first kappa shape index (κ1) is 37.0. The highest BCUT2D eigenvalue weighted by Crippen LogP contribution is 2.61. The number of phosphoric ester groups is 2. The molecular weight excluding hydrogens is 718 g/mol. The molecule has 51 heavy (non-hydrogen) atoms. The Morgan fingerprint density at radius 3 is 2.31 bits per heavy atom. The number of nitrogens with one attached hydrogen (secondary N) is 3. The molecule has 4 aromatic rings. The van der Waals surface area contributed by atoms with Gasteiger partial charge in [0.2, 0.25) is 5.91 Å². The topological polar surface area (TPSA) is 195 Å². The maximum atomic E-state index is 12.9. The first-order valence-corrected chi connectivity index (χ1v) is 20.1. The molecule has 14 nitrogen and oxygen atoms in total. The zero-order valence-electron chi connectivity index (χ0n) is 27.8. The molecule has 1 aliphatic heterocycles. The molecule has 5 atom stereocenters. The van der Waals surface area contributed by atoms with Gasteiger partial charge in [0.25, 0.3) is 0 Å². The van der Waals surface area contributed by atoms with Gasteiger partial charge in [0.15, 0.2) is 0 Å². The van der Waals surface area contributed by atoms with Gasteiger partial charge < -0.3 is 30.5 Å². The molecule has 270 valence electrons. The van der Waals surface area contributed by atoms with Gasteiger partial charge in [0, 0.05) is 19.0 Å². The fraction of sp³-hybridized carbons (Fsp3) is 0.324. The maximum absolute atomic E-state index is 12.9. The molecule has 6 rings (SSSR count). The Morgan fingerprint density at radius 1 is 1.00 bits per heavy atom. The average Bonchev–Trinajstić information content (AvgIpc) is 3.82. The van der Waals surface area contributed by atoms with Crippen LogP contribution >= 0.6 is 27.0 Å². The summed E-state index contributed by atoms with van der Waals surface area (Å²) in [6.45, 7) is 3.10. The van der Waals surface area contributed by atoms with Crippen LogP contribution in [0.1, 0.15) is 47.7 Å². The van der Waals surface area contributed by atoms with Crippen LogP contribution in [0.2, 0.25) is 0 Å². The molecule has 0 radical (unpaired) electrons. The number of carbonyl (C=O) groups excluding carboxylic acids is 2. The fourth-order valence-electron chi connectivity index (χ4n) is 6.21. The number of aromatic nitrogens is 1. The minimum absolute atomic E-state index is 0.0106. The number of carbonyl (C=O) groups is 2. The molecule has 17 heteroatoms. The number of ether oxygens (including phenoxy) is 1. The Balaban J connectivity index is 0.897. The van der Waals surface area contributed by atoms with Crippen molar-refractivity contribution >= 4 is 39.0 Å². The van der Waals surface area contributed by atoms with E-state index >= 15 is 0 Å². The summed E-state index contributed by atoms with van der Waals surface area (Å²) in [4.78, 5) is 50.8. The van der Waals surface area contributed by atoms with Gasteiger partial charge in [0.1, 0.15) is 6.61 Å². The van der Waals surface area contributed by atoms with Crippen LogP contribution in [0.25, 0.3) is 21.6 Å². The fourth-order valence-corrected chi connectivity index (χ4v) is 9.26. The molecule has 1 fully saturated rings. The van der Waals surface area contributed by atoms with Crippen molar-refractivity contribution in [2.24, 2.45) is 0 Å². The van der Waals surface area contributed by atoms with E-state index in [0.717, 1.165) is 44.0 Å². The van der Waals surface area contributed by atoms with Gasteiger partial charge in [0.05, 0.1) is 40.9 Å². The largest absolute Gasteiger partial charge is 0.481 e. The van der Waals surface area contributed by atoms with Crippen molar-refractivity contribution in [1.29, 1.82) is 0 Å². The van der Waals surface area contributed by atoms with Gasteiger partial charge >= 0.3 is 21.7 Å². The maximum Gasteiger partial charge on any atom is 0.481 e. The summed E-state index contributed by atoms with van der Waals surface area (Å²) in [5.74, 6) is -0.486. The Hall–Kier alpha value is -3.75. The number of hydrogen-bond acceptors (Lipinski definition) is 11. The van der Waals surface area contributed by atoms with Crippen LogP contribution in [-0.4, -0.2) is 65.2 Å². The Morgan fingerprint density at radius 2 is 1.67 bits per heavy atom. The van der Waals surface area contributed by atoms with Crippen LogP contribution in [0.15, 0.2) is 78.3 Å². The molecule has 0 spiro atoms. The molecule has 0 bridgehead atoms. The van der Waals surface area contributed by atoms with Crippen molar-refractivity contribution in [2.75, 3.05) is 26.3 Å². The first-order chi connectivity index (χ1) is 24.4. The molecule has 2 unspecified atom stereocenters. The average molecular weight is 757 g/mol. The minimum atomic E-state index is -5.09. The van der Waals surface area contributed by atoms with E-state index in [9.17, 15) is 28.5 Å². The molecule has 1 aliphatic carbocycles. The highest BCUT2D eigenvalue weighted by atomic mass is 32.1. The Bertz CT molecular complexity index is 1930. The smallest absolute Gasteiger partial charge is 0.449 e. The van der Waals surface area contributed by atoms with Crippen LogP contribution in [0.3, 0.4) is 0 Å². The SMILES string of the molecule is Cc1ncsc1-c1ccc([C@H](C)NC(=O)[C@@H]2C[C@@H](OP(=O)(O)OP(=O)(O)OCCNC(=O)OCC3c4ccccc4-c4ccccc43)CN2)cc1. The monoisotopic (exact) mass is 756 g/mol. The van der Waals surface area contributed by atoms with E-state index in [2.05, 4.69) is 25.2 Å². The zero-order chi connectivity index (χ0) is 36.2. The predicted molar refractivity (Wildman–Crippen MR) is 190 cm³/mol. The van der Waals surface area contributed by atoms with Gasteiger partial charge in [-0.15, -0.1) is 11.3 Å². The summed E-state index contributed by atoms with van der Waals surface area (Å²) >= 11 is 1.56. The standard InChI is InChI=1S/C34H38N4O10P2S/c1-21(23-11-13-24(14-12-23)32-22(2)37-20-51-32)38-33(39)31-17-25(18-36-31)47-50(43,44)48-49(41,42)46-16-15-35-34(40)45-19-30-28-9-5-3-7-26(28)27-8-4-6-10-29(27)30/h3-14,20-21,25,30-31,36H,15-19H2,1-2H3,(H,35,40)(H,38,39)(H,41,42)(H,43,44)/t21-,25+,31-/m0/s1. The number of phosphoric acid groups is 2. The van der Waals surface area contributed by atoms with Crippen molar-refractivity contribution in [3.05, 3.63) is 101 Å². The molecule has 3 aromatic carbocycles. The van der Waals surface area contributed by atoms with Crippen molar-refractivity contribution in [1.82, 2.24) is 20.9 Å². The number of benzene rings is 3. The lowest BCUT2D eigenvalue weighted by molar-refractivity contribution is -0.123. The predicted octanol–water partition coefficient (Wildman–Crippen LogP) is 5.82. The molecule has 2 heterocycles. The van der Waals surface area contributed by atoms with E-state index in [-0.39, 0.29) is 44.0 Å². The molecule has 0 saturated carbocycles. The number of rotatable bonds is 14. The second-order valence-corrected chi connectivity index (χ2v) is 16.0. The van der Waals surface area contributed by atoms with E-state index in [1.165, 1.54) is 0 Å². The lowest BCUT2D eigenvalue weighted by Gasteiger charge is -2.19. The molecule has 5 N–H and O–H groups in total. The Labute approximate surface area is 298 Å². The van der Waals surface area contributed by atoms with Gasteiger partial charge in [-0.25, -0.2) is 18.9 Å². The van der Waals surface area contributed by atoms with Gasteiger partial charge in [-0.1, -0.05) is 72.8 Å². The lowest BCUT2D eigenvalue weighted by atomic mass is 9.98. The van der Waals surface area contributed by atoms with E-state index in [0.29, 0.717) is 0 Å². The minimum Gasteiger partial charge on any atom is -0.449 e. The number of alkyl carbamates (subject to hydrolysis) is 1.